The number of fused-ring (bicyclic) bond motifs is 1. The normalized spacial score (nSPS) is 21.7. The average molecular weight is 465 g/mol. The first-order valence-corrected chi connectivity index (χ1v) is 11.6. The minimum absolute atomic E-state index is 0.166. The molecule has 34 heavy (non-hydrogen) atoms. The lowest BCUT2D eigenvalue weighted by molar-refractivity contribution is -0.122. The summed E-state index contributed by atoms with van der Waals surface area (Å²) in [5.41, 5.74) is 1.15. The van der Waals surface area contributed by atoms with Gasteiger partial charge in [-0.05, 0) is 68.5 Å². The number of rotatable bonds is 7. The molecule has 1 saturated carbocycles. The van der Waals surface area contributed by atoms with Gasteiger partial charge in [-0.1, -0.05) is 19.1 Å². The van der Waals surface area contributed by atoms with Crippen LogP contribution in [-0.4, -0.2) is 36.9 Å². The van der Waals surface area contributed by atoms with Crippen molar-refractivity contribution in [2.24, 2.45) is 17.8 Å². The smallest absolute Gasteiger partial charge is 0.338 e. The lowest BCUT2D eigenvalue weighted by Crippen LogP contribution is -2.30. The Hall–Kier alpha value is -3.68. The van der Waals surface area contributed by atoms with E-state index in [9.17, 15) is 19.2 Å². The number of carbonyl (C=O) groups is 4. The molecule has 8 nitrogen and oxygen atoms in total. The third kappa shape index (κ3) is 4.81. The van der Waals surface area contributed by atoms with E-state index in [1.54, 1.807) is 36.4 Å². The predicted molar refractivity (Wildman–Crippen MR) is 125 cm³/mol. The number of amides is 3. The average Bonchev–Trinajstić information content (AvgIpc) is 3.08. The summed E-state index contributed by atoms with van der Waals surface area (Å²) in [5.74, 6) is -1.06. The van der Waals surface area contributed by atoms with E-state index >= 15 is 0 Å². The van der Waals surface area contributed by atoms with Crippen molar-refractivity contribution in [2.75, 3.05) is 23.4 Å². The molecule has 1 aliphatic heterocycles. The van der Waals surface area contributed by atoms with Gasteiger partial charge in [-0.2, -0.15) is 0 Å². The lowest BCUT2D eigenvalue weighted by Gasteiger charge is -2.25. The molecule has 4 rings (SSSR count). The molecule has 2 fully saturated rings. The maximum absolute atomic E-state index is 12.9. The van der Waals surface area contributed by atoms with E-state index < -0.39 is 18.5 Å². The van der Waals surface area contributed by atoms with Gasteiger partial charge in [0.25, 0.3) is 5.91 Å². The van der Waals surface area contributed by atoms with Crippen molar-refractivity contribution in [3.63, 3.8) is 0 Å². The minimum Gasteiger partial charge on any atom is -0.492 e. The largest absolute Gasteiger partial charge is 0.492 e. The molecule has 0 spiro atoms. The zero-order valence-electron chi connectivity index (χ0n) is 19.3. The van der Waals surface area contributed by atoms with Gasteiger partial charge in [-0.25, -0.2) is 4.79 Å². The van der Waals surface area contributed by atoms with E-state index in [0.717, 1.165) is 19.3 Å². The number of hydrogen-bond donors (Lipinski definition) is 1. The number of esters is 1. The van der Waals surface area contributed by atoms with Gasteiger partial charge in [-0.15, -0.1) is 0 Å². The zero-order valence-corrected chi connectivity index (χ0v) is 19.3. The number of carbonyl (C=O) groups excluding carboxylic acids is 4. The standard InChI is InChI=1S/C26H28N2O6/c1-3-33-22-7-5-4-6-21(22)27-23(29)15-34-26(32)17-9-11-18(12-10-17)28-24(30)19-13-8-16(2)14-20(19)25(28)31/h4-7,9-12,16,19-20H,3,8,13-15H2,1-2H3,(H,27,29)/t16-,19-,20-/m1/s1. The summed E-state index contributed by atoms with van der Waals surface area (Å²) in [5, 5.41) is 2.66. The van der Waals surface area contributed by atoms with E-state index in [4.69, 9.17) is 9.47 Å². The summed E-state index contributed by atoms with van der Waals surface area (Å²) < 4.78 is 10.6. The van der Waals surface area contributed by atoms with Crippen molar-refractivity contribution in [3.05, 3.63) is 54.1 Å². The molecule has 3 amide bonds. The number of imide groups is 1. The zero-order chi connectivity index (χ0) is 24.2. The van der Waals surface area contributed by atoms with Crippen LogP contribution in [0.25, 0.3) is 0 Å². The molecule has 2 aromatic rings. The summed E-state index contributed by atoms with van der Waals surface area (Å²) in [6.45, 7) is 3.93. The second kappa shape index (κ2) is 10.1. The highest BCUT2D eigenvalue weighted by Crippen LogP contribution is 2.42. The second-order valence-electron chi connectivity index (χ2n) is 8.74. The molecule has 2 aromatic carbocycles. The van der Waals surface area contributed by atoms with Gasteiger partial charge in [0.1, 0.15) is 5.75 Å². The van der Waals surface area contributed by atoms with Crippen LogP contribution in [0, 0.1) is 17.8 Å². The van der Waals surface area contributed by atoms with E-state index in [-0.39, 0.29) is 29.2 Å². The number of hydrogen-bond acceptors (Lipinski definition) is 6. The maximum atomic E-state index is 12.9. The first kappa shape index (κ1) is 23.5. The predicted octanol–water partition coefficient (Wildman–Crippen LogP) is 3.81. The topological polar surface area (TPSA) is 102 Å². The molecule has 1 aliphatic carbocycles. The molecule has 0 unspecified atom stereocenters. The molecule has 1 heterocycles. The fraction of sp³-hybridized carbons (Fsp3) is 0.385. The van der Waals surface area contributed by atoms with Crippen LogP contribution >= 0.6 is 0 Å². The Kier molecular flexibility index (Phi) is 6.95. The highest BCUT2D eigenvalue weighted by molar-refractivity contribution is 6.22. The fourth-order valence-corrected chi connectivity index (χ4v) is 4.64. The van der Waals surface area contributed by atoms with Crippen LogP contribution in [0.2, 0.25) is 0 Å². The summed E-state index contributed by atoms with van der Waals surface area (Å²) >= 11 is 0. The van der Waals surface area contributed by atoms with Crippen LogP contribution in [0.4, 0.5) is 11.4 Å². The Balaban J connectivity index is 1.35. The number of nitrogens with one attached hydrogen (secondary N) is 1. The van der Waals surface area contributed by atoms with Gasteiger partial charge >= 0.3 is 5.97 Å². The number of nitrogens with zero attached hydrogens (tertiary/aromatic N) is 1. The maximum Gasteiger partial charge on any atom is 0.338 e. The third-order valence-corrected chi connectivity index (χ3v) is 6.34. The van der Waals surface area contributed by atoms with Gasteiger partial charge in [0.15, 0.2) is 6.61 Å². The van der Waals surface area contributed by atoms with Crippen molar-refractivity contribution in [1.82, 2.24) is 0 Å². The molecule has 8 heteroatoms. The van der Waals surface area contributed by atoms with Crippen molar-refractivity contribution < 1.29 is 28.7 Å². The van der Waals surface area contributed by atoms with Gasteiger partial charge in [0.2, 0.25) is 11.8 Å². The molecular formula is C26H28N2O6. The quantitative estimate of drug-likeness (QED) is 0.494. The van der Waals surface area contributed by atoms with Crippen molar-refractivity contribution in [1.29, 1.82) is 0 Å². The van der Waals surface area contributed by atoms with E-state index in [0.29, 0.717) is 29.6 Å². The number of ether oxygens (including phenoxy) is 2. The third-order valence-electron chi connectivity index (χ3n) is 6.34. The van der Waals surface area contributed by atoms with Crippen LogP contribution < -0.4 is 15.0 Å². The van der Waals surface area contributed by atoms with Crippen LogP contribution in [0.1, 0.15) is 43.5 Å². The van der Waals surface area contributed by atoms with Gasteiger partial charge in [0, 0.05) is 0 Å². The fourth-order valence-electron chi connectivity index (χ4n) is 4.64. The highest BCUT2D eigenvalue weighted by atomic mass is 16.5. The highest BCUT2D eigenvalue weighted by Gasteiger charge is 2.49. The van der Waals surface area contributed by atoms with Crippen molar-refractivity contribution in [2.45, 2.75) is 33.1 Å². The van der Waals surface area contributed by atoms with Crippen LogP contribution in [0.3, 0.4) is 0 Å². The second-order valence-corrected chi connectivity index (χ2v) is 8.74. The van der Waals surface area contributed by atoms with Gasteiger partial charge < -0.3 is 14.8 Å². The van der Waals surface area contributed by atoms with Gasteiger partial charge in [-0.3, -0.25) is 19.3 Å². The van der Waals surface area contributed by atoms with E-state index in [2.05, 4.69) is 12.2 Å². The van der Waals surface area contributed by atoms with E-state index in [1.807, 2.05) is 6.92 Å². The van der Waals surface area contributed by atoms with E-state index in [1.165, 1.54) is 17.0 Å². The molecular weight excluding hydrogens is 436 g/mol. The molecule has 178 valence electrons. The molecule has 1 N–H and O–H groups in total. The molecule has 0 bridgehead atoms. The SMILES string of the molecule is CCOc1ccccc1NC(=O)COC(=O)c1ccc(N2C(=O)[C@@H]3CC[C@@H](C)C[C@H]3C2=O)cc1. The molecule has 0 aromatic heterocycles. The summed E-state index contributed by atoms with van der Waals surface area (Å²) in [7, 11) is 0. The molecule has 1 saturated heterocycles. The first-order chi connectivity index (χ1) is 16.4. The molecule has 3 atom stereocenters. The number of benzene rings is 2. The Morgan fingerprint density at radius 2 is 1.71 bits per heavy atom. The van der Waals surface area contributed by atoms with Crippen molar-refractivity contribution in [3.8, 4) is 5.75 Å². The number of para-hydroxylation sites is 2. The monoisotopic (exact) mass is 464 g/mol. The lowest BCUT2D eigenvalue weighted by atomic mass is 9.76. The summed E-state index contributed by atoms with van der Waals surface area (Å²) in [6.07, 6.45) is 2.41. The van der Waals surface area contributed by atoms with Crippen molar-refractivity contribution >= 4 is 35.1 Å². The Labute approximate surface area is 198 Å². The molecule has 2 aliphatic rings. The minimum atomic E-state index is -0.679. The number of anilines is 2. The Morgan fingerprint density at radius 1 is 1.00 bits per heavy atom. The van der Waals surface area contributed by atoms with Crippen LogP contribution in [0.5, 0.6) is 5.75 Å². The summed E-state index contributed by atoms with van der Waals surface area (Å²) in [6, 6.07) is 13.1. The Morgan fingerprint density at radius 3 is 2.44 bits per heavy atom. The molecule has 0 radical (unpaired) electrons. The Bertz CT molecular complexity index is 1100. The van der Waals surface area contributed by atoms with Crippen LogP contribution in [-0.2, 0) is 19.1 Å². The summed E-state index contributed by atoms with van der Waals surface area (Å²) in [4.78, 5) is 51.6. The van der Waals surface area contributed by atoms with Crippen LogP contribution in [0.15, 0.2) is 48.5 Å². The first-order valence-electron chi connectivity index (χ1n) is 11.6. The van der Waals surface area contributed by atoms with Gasteiger partial charge in [0.05, 0.1) is 35.4 Å².